The van der Waals surface area contributed by atoms with E-state index in [4.69, 9.17) is 5.11 Å². The standard InChI is InChI=1S/C10H9N5O2S/c16-9(17)7-3-4-11-5-8(7)18-10-12-13-14-15(10)6-1-2-6/h3-6H,1-2H2,(H,16,17). The van der Waals surface area contributed by atoms with E-state index in [1.807, 2.05) is 0 Å². The minimum atomic E-state index is -0.981. The summed E-state index contributed by atoms with van der Waals surface area (Å²) in [7, 11) is 0. The molecule has 1 fully saturated rings. The van der Waals surface area contributed by atoms with Gasteiger partial charge in [0.25, 0.3) is 0 Å². The van der Waals surface area contributed by atoms with Crippen LogP contribution in [0.5, 0.6) is 0 Å². The molecule has 0 atom stereocenters. The molecule has 18 heavy (non-hydrogen) atoms. The van der Waals surface area contributed by atoms with Gasteiger partial charge < -0.3 is 5.11 Å². The van der Waals surface area contributed by atoms with Crippen LogP contribution in [0, 0.1) is 0 Å². The van der Waals surface area contributed by atoms with Crippen molar-refractivity contribution < 1.29 is 9.90 Å². The number of carboxylic acid groups (broad SMARTS) is 1. The molecule has 0 amide bonds. The number of hydrogen-bond donors (Lipinski definition) is 1. The number of nitrogens with zero attached hydrogens (tertiary/aromatic N) is 5. The summed E-state index contributed by atoms with van der Waals surface area (Å²) >= 11 is 1.23. The van der Waals surface area contributed by atoms with Crippen LogP contribution < -0.4 is 0 Å². The number of tetrazole rings is 1. The topological polar surface area (TPSA) is 93.8 Å². The van der Waals surface area contributed by atoms with Gasteiger partial charge >= 0.3 is 5.97 Å². The molecule has 1 aliphatic rings. The van der Waals surface area contributed by atoms with Gasteiger partial charge in [0.05, 0.1) is 11.6 Å². The van der Waals surface area contributed by atoms with Gasteiger partial charge in [0.15, 0.2) is 0 Å². The second kappa shape index (κ2) is 4.37. The van der Waals surface area contributed by atoms with Crippen LogP contribution in [0.4, 0.5) is 0 Å². The van der Waals surface area contributed by atoms with E-state index in [0.717, 1.165) is 12.8 Å². The van der Waals surface area contributed by atoms with Gasteiger partial charge in [-0.1, -0.05) is 0 Å². The summed E-state index contributed by atoms with van der Waals surface area (Å²) < 4.78 is 1.74. The molecule has 2 aromatic rings. The predicted molar refractivity (Wildman–Crippen MR) is 61.4 cm³/mol. The van der Waals surface area contributed by atoms with Crippen LogP contribution >= 0.6 is 11.8 Å². The van der Waals surface area contributed by atoms with E-state index in [9.17, 15) is 4.79 Å². The van der Waals surface area contributed by atoms with Gasteiger partial charge in [-0.05, 0) is 41.1 Å². The van der Waals surface area contributed by atoms with Crippen LogP contribution in [0.2, 0.25) is 0 Å². The Kier molecular flexibility index (Phi) is 2.71. The zero-order valence-electron chi connectivity index (χ0n) is 9.22. The molecule has 2 aromatic heterocycles. The third-order valence-corrected chi connectivity index (χ3v) is 3.57. The Hall–Kier alpha value is -1.96. The molecule has 0 unspecified atom stereocenters. The lowest BCUT2D eigenvalue weighted by molar-refractivity contribution is 0.0693. The van der Waals surface area contributed by atoms with Gasteiger partial charge in [0.2, 0.25) is 5.16 Å². The summed E-state index contributed by atoms with van der Waals surface area (Å²) in [4.78, 5) is 15.6. The second-order valence-corrected chi connectivity index (χ2v) is 4.93. The summed E-state index contributed by atoms with van der Waals surface area (Å²) in [5.41, 5.74) is 0.209. The fraction of sp³-hybridized carbons (Fsp3) is 0.300. The maximum atomic E-state index is 11.1. The van der Waals surface area contributed by atoms with Crippen molar-refractivity contribution in [2.75, 3.05) is 0 Å². The largest absolute Gasteiger partial charge is 0.478 e. The lowest BCUT2D eigenvalue weighted by Crippen LogP contribution is -2.02. The molecule has 2 heterocycles. The molecule has 92 valence electrons. The SMILES string of the molecule is O=C(O)c1ccncc1Sc1nnnn1C1CC1. The fourth-order valence-electron chi connectivity index (χ4n) is 1.54. The quantitative estimate of drug-likeness (QED) is 0.887. The number of aromatic nitrogens is 5. The van der Waals surface area contributed by atoms with Crippen molar-refractivity contribution >= 4 is 17.7 Å². The molecule has 1 saturated carbocycles. The number of rotatable bonds is 4. The highest BCUT2D eigenvalue weighted by Crippen LogP contribution is 2.38. The second-order valence-electron chi connectivity index (χ2n) is 3.92. The van der Waals surface area contributed by atoms with E-state index in [1.165, 1.54) is 30.2 Å². The first kappa shape index (κ1) is 11.1. The minimum absolute atomic E-state index is 0.209. The molecule has 0 spiro atoms. The Morgan fingerprint density at radius 2 is 2.33 bits per heavy atom. The lowest BCUT2D eigenvalue weighted by atomic mass is 10.3. The number of hydrogen-bond acceptors (Lipinski definition) is 6. The number of aromatic carboxylic acids is 1. The van der Waals surface area contributed by atoms with Gasteiger partial charge in [-0.15, -0.1) is 5.10 Å². The van der Waals surface area contributed by atoms with Crippen molar-refractivity contribution in [2.24, 2.45) is 0 Å². The van der Waals surface area contributed by atoms with Crippen LogP contribution in [-0.2, 0) is 0 Å². The summed E-state index contributed by atoms with van der Waals surface area (Å²) in [6, 6.07) is 1.82. The van der Waals surface area contributed by atoms with Crippen molar-refractivity contribution in [1.29, 1.82) is 0 Å². The molecular formula is C10H9N5O2S. The fourth-order valence-corrected chi connectivity index (χ4v) is 2.47. The molecule has 0 aliphatic heterocycles. The zero-order valence-corrected chi connectivity index (χ0v) is 10.0. The first-order valence-corrected chi connectivity index (χ1v) is 6.20. The predicted octanol–water partition coefficient (Wildman–Crippen LogP) is 1.25. The number of pyridine rings is 1. The molecule has 0 radical (unpaired) electrons. The Bertz CT molecular complexity index is 595. The van der Waals surface area contributed by atoms with Crippen molar-refractivity contribution in [2.45, 2.75) is 28.9 Å². The highest BCUT2D eigenvalue weighted by atomic mass is 32.2. The number of carboxylic acids is 1. The van der Waals surface area contributed by atoms with E-state index >= 15 is 0 Å². The van der Waals surface area contributed by atoms with Gasteiger partial charge in [0.1, 0.15) is 0 Å². The van der Waals surface area contributed by atoms with E-state index in [-0.39, 0.29) is 5.56 Å². The molecule has 8 heteroatoms. The van der Waals surface area contributed by atoms with Crippen LogP contribution in [0.15, 0.2) is 28.5 Å². The molecule has 0 saturated heterocycles. The average Bonchev–Trinajstić information content (AvgIpc) is 3.11. The van der Waals surface area contributed by atoms with Crippen molar-refractivity contribution in [3.8, 4) is 0 Å². The van der Waals surface area contributed by atoms with E-state index < -0.39 is 5.97 Å². The van der Waals surface area contributed by atoms with Crippen molar-refractivity contribution in [1.82, 2.24) is 25.2 Å². The van der Waals surface area contributed by atoms with Crippen LogP contribution in [0.1, 0.15) is 29.2 Å². The van der Waals surface area contributed by atoms with Gasteiger partial charge in [0, 0.05) is 17.3 Å². The molecule has 0 bridgehead atoms. The van der Waals surface area contributed by atoms with Crippen LogP contribution in [0.3, 0.4) is 0 Å². The van der Waals surface area contributed by atoms with Gasteiger partial charge in [-0.25, -0.2) is 9.48 Å². The molecular weight excluding hydrogens is 254 g/mol. The van der Waals surface area contributed by atoms with Crippen LogP contribution in [0.25, 0.3) is 0 Å². The molecule has 1 aliphatic carbocycles. The highest BCUT2D eigenvalue weighted by molar-refractivity contribution is 7.99. The molecule has 3 rings (SSSR count). The normalized spacial score (nSPS) is 14.7. The summed E-state index contributed by atoms with van der Waals surface area (Å²) in [5, 5.41) is 21.2. The number of carbonyl (C=O) groups is 1. The third-order valence-electron chi connectivity index (χ3n) is 2.57. The molecule has 1 N–H and O–H groups in total. The Labute approximate surface area is 106 Å². The van der Waals surface area contributed by atoms with Crippen molar-refractivity contribution in [3.05, 3.63) is 24.0 Å². The average molecular weight is 263 g/mol. The van der Waals surface area contributed by atoms with E-state index in [2.05, 4.69) is 20.5 Å². The summed E-state index contributed by atoms with van der Waals surface area (Å²) in [6.45, 7) is 0. The minimum Gasteiger partial charge on any atom is -0.478 e. The Morgan fingerprint density at radius 1 is 1.50 bits per heavy atom. The smallest absolute Gasteiger partial charge is 0.336 e. The zero-order chi connectivity index (χ0) is 12.5. The monoisotopic (exact) mass is 263 g/mol. The van der Waals surface area contributed by atoms with Gasteiger partial charge in [-0.2, -0.15) is 0 Å². The highest BCUT2D eigenvalue weighted by Gasteiger charge is 2.28. The summed E-state index contributed by atoms with van der Waals surface area (Å²) in [5.74, 6) is -0.981. The van der Waals surface area contributed by atoms with Crippen LogP contribution in [-0.4, -0.2) is 36.3 Å². The maximum Gasteiger partial charge on any atom is 0.336 e. The lowest BCUT2D eigenvalue weighted by Gasteiger charge is -2.04. The molecule has 7 nitrogen and oxygen atoms in total. The van der Waals surface area contributed by atoms with Crippen molar-refractivity contribution in [3.63, 3.8) is 0 Å². The van der Waals surface area contributed by atoms with E-state index in [0.29, 0.717) is 16.1 Å². The Morgan fingerprint density at radius 3 is 3.06 bits per heavy atom. The van der Waals surface area contributed by atoms with E-state index in [1.54, 1.807) is 4.68 Å². The summed E-state index contributed by atoms with van der Waals surface area (Å²) in [6.07, 6.45) is 5.10. The Balaban J connectivity index is 1.92. The first-order chi connectivity index (χ1) is 8.75. The molecule has 0 aromatic carbocycles. The van der Waals surface area contributed by atoms with Gasteiger partial charge in [-0.3, -0.25) is 4.98 Å². The maximum absolute atomic E-state index is 11.1. The first-order valence-electron chi connectivity index (χ1n) is 5.38. The third kappa shape index (κ3) is 2.06.